The molecule has 2 saturated heterocycles. The first-order chi connectivity index (χ1) is 24.1. The number of ether oxygens (including phenoxy) is 1. The largest absolute Gasteiger partial charge is 0.463 e. The van der Waals surface area contributed by atoms with Gasteiger partial charge in [0.15, 0.2) is 5.78 Å². The molecule has 0 radical (unpaired) electrons. The van der Waals surface area contributed by atoms with Gasteiger partial charge >= 0.3 is 0 Å². The van der Waals surface area contributed by atoms with Crippen LogP contribution in [0.3, 0.4) is 0 Å². The Kier molecular flexibility index (Phi) is 12.4. The van der Waals surface area contributed by atoms with Crippen LogP contribution in [0.4, 0.5) is 0 Å². The molecule has 1 aromatic carbocycles. The Morgan fingerprint density at radius 1 is 1.04 bits per heavy atom. The van der Waals surface area contributed by atoms with Crippen molar-refractivity contribution < 1.29 is 14.3 Å². The topological polar surface area (TPSA) is 80.7 Å². The third-order valence-electron chi connectivity index (χ3n) is 11.4. The van der Waals surface area contributed by atoms with E-state index in [1.54, 1.807) is 11.3 Å². The maximum atomic E-state index is 14.7. The minimum absolute atomic E-state index is 0.0915. The summed E-state index contributed by atoms with van der Waals surface area (Å²) in [7, 11) is 4.21. The van der Waals surface area contributed by atoms with Crippen molar-refractivity contribution in [2.24, 2.45) is 10.4 Å². The number of thiophene rings is 1. The lowest BCUT2D eigenvalue weighted by Gasteiger charge is -2.43. The van der Waals surface area contributed by atoms with Gasteiger partial charge in [-0.25, -0.2) is 4.99 Å². The predicted molar refractivity (Wildman–Crippen MR) is 203 cm³/mol. The average Bonchev–Trinajstić information content (AvgIpc) is 3.86. The molecule has 2 aromatic rings. The maximum absolute atomic E-state index is 14.7. The van der Waals surface area contributed by atoms with Gasteiger partial charge in [-0.05, 0) is 115 Å². The Bertz CT molecular complexity index is 1420. The van der Waals surface area contributed by atoms with E-state index in [4.69, 9.17) is 9.73 Å². The number of benzene rings is 1. The van der Waals surface area contributed by atoms with E-state index < -0.39 is 6.04 Å². The molecule has 6 rings (SSSR count). The zero-order valence-electron chi connectivity index (χ0n) is 30.9. The lowest BCUT2D eigenvalue weighted by atomic mass is 9.72. The summed E-state index contributed by atoms with van der Waals surface area (Å²) in [6.45, 7) is 10.6. The minimum Gasteiger partial charge on any atom is -0.463 e. The predicted octanol–water partition coefficient (Wildman–Crippen LogP) is 5.45. The lowest BCUT2D eigenvalue weighted by molar-refractivity contribution is -0.144. The first-order valence-electron chi connectivity index (χ1n) is 19.1. The summed E-state index contributed by atoms with van der Waals surface area (Å²) in [5, 5.41) is 5.96. The van der Waals surface area contributed by atoms with Gasteiger partial charge in [0.05, 0.1) is 11.6 Å². The Labute approximate surface area is 304 Å². The van der Waals surface area contributed by atoms with Crippen molar-refractivity contribution in [3.63, 3.8) is 0 Å². The van der Waals surface area contributed by atoms with E-state index in [2.05, 4.69) is 89.7 Å². The van der Waals surface area contributed by atoms with Crippen LogP contribution >= 0.6 is 11.3 Å². The van der Waals surface area contributed by atoms with Crippen LogP contribution in [0.15, 0.2) is 52.8 Å². The molecule has 274 valence electrons. The third-order valence-corrected chi connectivity index (χ3v) is 12.3. The van der Waals surface area contributed by atoms with E-state index in [1.807, 2.05) is 11.0 Å². The molecule has 1 amide bonds. The standard InChI is InChI=1S/C40H60N6O3S/c1-39(2)30-49-38(42-39)45-24-25-46(35(28-45)36(47)16-15-33-13-10-26-50-33)37(48)34(14-8-9-22-43(3)4)41-32-17-19-40(20-18-32)21-23-44(29-40)27-31-11-6-5-7-12-31/h5-7,10-13,26,32,34-35,41H,8-9,14-25,27-30H2,1-4H3/t32?,34-,35+,40?/m1/s1. The minimum atomic E-state index is -0.513. The number of carbonyl (C=O) groups is 2. The first kappa shape index (κ1) is 37.0. The van der Waals surface area contributed by atoms with Gasteiger partial charge in [-0.3, -0.25) is 14.5 Å². The van der Waals surface area contributed by atoms with Crippen LogP contribution in [0.2, 0.25) is 0 Å². The highest BCUT2D eigenvalue weighted by atomic mass is 32.1. The molecule has 3 fully saturated rings. The normalized spacial score (nSPS) is 26.0. The summed E-state index contributed by atoms with van der Waals surface area (Å²) in [4.78, 5) is 43.5. The molecule has 0 bridgehead atoms. The first-order valence-corrected chi connectivity index (χ1v) is 20.0. The van der Waals surface area contributed by atoms with Gasteiger partial charge in [0.1, 0.15) is 12.6 Å². The number of rotatable bonds is 14. The van der Waals surface area contributed by atoms with Crippen molar-refractivity contribution >= 4 is 29.0 Å². The number of hydrogen-bond donors (Lipinski definition) is 1. The zero-order chi connectivity index (χ0) is 35.1. The van der Waals surface area contributed by atoms with Crippen LogP contribution in [0.25, 0.3) is 0 Å². The fourth-order valence-electron chi connectivity index (χ4n) is 8.44. The van der Waals surface area contributed by atoms with Crippen LogP contribution in [0, 0.1) is 5.41 Å². The number of ketones is 1. The van der Waals surface area contributed by atoms with Gasteiger partial charge in [0, 0.05) is 50.1 Å². The highest BCUT2D eigenvalue weighted by Crippen LogP contribution is 2.44. The molecule has 9 nitrogen and oxygen atoms in total. The number of carbonyl (C=O) groups excluding carboxylic acids is 2. The van der Waals surface area contributed by atoms with Gasteiger partial charge in [-0.15, -0.1) is 11.3 Å². The molecule has 10 heteroatoms. The molecule has 0 unspecified atom stereocenters. The molecule has 4 aliphatic rings. The lowest BCUT2D eigenvalue weighted by Crippen LogP contribution is -2.63. The summed E-state index contributed by atoms with van der Waals surface area (Å²) >= 11 is 1.69. The average molecular weight is 705 g/mol. The van der Waals surface area contributed by atoms with Gasteiger partial charge in [-0.1, -0.05) is 42.8 Å². The van der Waals surface area contributed by atoms with Gasteiger partial charge in [0.25, 0.3) is 6.02 Å². The second-order valence-electron chi connectivity index (χ2n) is 16.3. The number of aryl methyl sites for hydroxylation is 1. The molecular formula is C40H60N6O3S. The number of Topliss-reactive ketones (excluding diaryl/α,β-unsaturated/α-hetero) is 1. The highest BCUT2D eigenvalue weighted by molar-refractivity contribution is 7.09. The van der Waals surface area contributed by atoms with Crippen molar-refractivity contribution in [1.29, 1.82) is 0 Å². The van der Waals surface area contributed by atoms with Crippen LogP contribution in [0.1, 0.15) is 82.1 Å². The van der Waals surface area contributed by atoms with Crippen molar-refractivity contribution in [1.82, 2.24) is 24.9 Å². The zero-order valence-corrected chi connectivity index (χ0v) is 31.8. The molecule has 2 atom stereocenters. The Hall–Kier alpha value is -2.79. The Morgan fingerprint density at radius 3 is 2.54 bits per heavy atom. The van der Waals surface area contributed by atoms with Crippen LogP contribution in [-0.2, 0) is 27.3 Å². The maximum Gasteiger partial charge on any atom is 0.288 e. The fourth-order valence-corrected chi connectivity index (χ4v) is 9.15. The molecule has 1 spiro atoms. The van der Waals surface area contributed by atoms with Gasteiger partial charge < -0.3 is 24.8 Å². The second kappa shape index (κ2) is 16.7. The quantitative estimate of drug-likeness (QED) is 0.262. The number of piperazine rings is 1. The number of nitrogens with one attached hydrogen (secondary N) is 1. The van der Waals surface area contributed by atoms with E-state index >= 15 is 0 Å². The summed E-state index contributed by atoms with van der Waals surface area (Å²) in [5.41, 5.74) is 1.51. The van der Waals surface area contributed by atoms with E-state index in [-0.39, 0.29) is 23.3 Å². The van der Waals surface area contributed by atoms with Gasteiger partial charge in [0.2, 0.25) is 5.91 Å². The molecule has 4 heterocycles. The Morgan fingerprint density at radius 2 is 1.84 bits per heavy atom. The van der Waals surface area contributed by atoms with E-state index in [0.717, 1.165) is 45.2 Å². The van der Waals surface area contributed by atoms with Gasteiger partial charge in [-0.2, -0.15) is 0 Å². The highest BCUT2D eigenvalue weighted by Gasteiger charge is 2.43. The van der Waals surface area contributed by atoms with E-state index in [9.17, 15) is 9.59 Å². The van der Waals surface area contributed by atoms with Crippen molar-refractivity contribution in [2.45, 2.75) is 108 Å². The van der Waals surface area contributed by atoms with Crippen LogP contribution < -0.4 is 5.32 Å². The molecule has 50 heavy (non-hydrogen) atoms. The number of likely N-dealkylation sites (tertiary alicyclic amines) is 1. The second-order valence-corrected chi connectivity index (χ2v) is 17.3. The van der Waals surface area contributed by atoms with Crippen LogP contribution in [0.5, 0.6) is 0 Å². The SMILES string of the molecule is CN(C)CCCC[C@@H](NC1CCC2(CC1)CCN(Cc1ccccc1)C2)C(=O)N1CCN(C2=NC(C)(C)CO2)C[C@H]1C(=O)CCc1cccs1. The van der Waals surface area contributed by atoms with Crippen molar-refractivity contribution in [3.8, 4) is 0 Å². The third kappa shape index (κ3) is 9.75. The molecule has 1 aromatic heterocycles. The number of amides is 1. The number of unbranched alkanes of at least 4 members (excludes halogenated alkanes) is 1. The summed E-state index contributed by atoms with van der Waals surface area (Å²) in [5.74, 6) is 0.218. The number of hydrogen-bond acceptors (Lipinski definition) is 9. The molecule has 1 aliphatic carbocycles. The van der Waals surface area contributed by atoms with E-state index in [0.29, 0.717) is 56.6 Å². The number of amidine groups is 1. The van der Waals surface area contributed by atoms with Crippen molar-refractivity contribution in [3.05, 3.63) is 58.3 Å². The summed E-state index contributed by atoms with van der Waals surface area (Å²) < 4.78 is 6.00. The smallest absolute Gasteiger partial charge is 0.288 e. The molecule has 1 N–H and O–H groups in total. The fraction of sp³-hybridized carbons (Fsp3) is 0.675. The molecular weight excluding hydrogens is 645 g/mol. The number of nitrogens with zero attached hydrogens (tertiary/aromatic N) is 5. The number of aliphatic imine (C=N–C) groups is 1. The van der Waals surface area contributed by atoms with Crippen molar-refractivity contribution in [2.75, 3.05) is 60.0 Å². The monoisotopic (exact) mass is 704 g/mol. The molecule has 1 saturated carbocycles. The summed E-state index contributed by atoms with van der Waals surface area (Å²) in [6, 6.07) is 15.1. The van der Waals surface area contributed by atoms with Crippen LogP contribution in [-0.4, -0.2) is 121 Å². The van der Waals surface area contributed by atoms with E-state index in [1.165, 1.54) is 42.8 Å². The molecule has 3 aliphatic heterocycles. The Balaban J connectivity index is 1.11. The summed E-state index contributed by atoms with van der Waals surface area (Å²) in [6.07, 6.45) is 9.83.